The molecule has 4 N–H and O–H groups in total. The van der Waals surface area contributed by atoms with Crippen molar-refractivity contribution >= 4 is 15.9 Å². The van der Waals surface area contributed by atoms with Gasteiger partial charge in [0.15, 0.2) is 0 Å². The van der Waals surface area contributed by atoms with Gasteiger partial charge in [-0.1, -0.05) is 0 Å². The van der Waals surface area contributed by atoms with Crippen molar-refractivity contribution in [1.82, 2.24) is 0 Å². The number of nitrogens with two attached hydrogens (primary N) is 2. The molecule has 116 valence electrons. The van der Waals surface area contributed by atoms with Crippen LogP contribution in [0.3, 0.4) is 0 Å². The number of benzene rings is 1. The summed E-state index contributed by atoms with van der Waals surface area (Å²) in [7, 11) is -3.89. The third-order valence-electron chi connectivity index (χ3n) is 3.36. The van der Waals surface area contributed by atoms with Gasteiger partial charge in [0, 0.05) is 13.2 Å². The molecule has 8 heteroatoms. The number of hydrogen-bond donors (Lipinski definition) is 2. The number of rotatable bonds is 5. The molecule has 1 aliphatic rings. The minimum atomic E-state index is -3.89. The van der Waals surface area contributed by atoms with E-state index in [2.05, 4.69) is 0 Å². The third kappa shape index (κ3) is 4.16. The molecule has 1 aromatic rings. The van der Waals surface area contributed by atoms with Gasteiger partial charge in [0.05, 0.1) is 17.1 Å². The average Bonchev–Trinajstić information content (AvgIpc) is 2.45. The van der Waals surface area contributed by atoms with E-state index in [-0.39, 0.29) is 16.2 Å². The molecule has 0 radical (unpaired) electrons. The molecule has 2 rings (SSSR count). The van der Waals surface area contributed by atoms with Gasteiger partial charge in [-0.15, -0.1) is 0 Å². The van der Waals surface area contributed by atoms with Crippen LogP contribution in [-0.2, 0) is 14.8 Å². The number of amides is 1. The number of carbonyl (C=O) groups excluding carboxylic acids is 1. The molecule has 1 heterocycles. The van der Waals surface area contributed by atoms with Gasteiger partial charge in [0.25, 0.3) is 5.91 Å². The first-order valence-corrected chi connectivity index (χ1v) is 8.10. The van der Waals surface area contributed by atoms with E-state index in [4.69, 9.17) is 20.3 Å². The van der Waals surface area contributed by atoms with Gasteiger partial charge in [-0.2, -0.15) is 0 Å². The van der Waals surface area contributed by atoms with E-state index in [9.17, 15) is 13.2 Å². The number of sulfonamides is 1. The molecule has 0 aliphatic carbocycles. The Morgan fingerprint density at radius 1 is 1.33 bits per heavy atom. The second kappa shape index (κ2) is 6.42. The van der Waals surface area contributed by atoms with E-state index >= 15 is 0 Å². The zero-order valence-electron chi connectivity index (χ0n) is 11.4. The van der Waals surface area contributed by atoms with Crippen LogP contribution >= 0.6 is 0 Å². The Labute approximate surface area is 123 Å². The maximum absolute atomic E-state index is 11.4. The number of primary sulfonamides is 1. The highest BCUT2D eigenvalue weighted by Gasteiger charge is 2.18. The second-order valence-electron chi connectivity index (χ2n) is 4.93. The quantitative estimate of drug-likeness (QED) is 0.806. The zero-order valence-corrected chi connectivity index (χ0v) is 12.3. The first kappa shape index (κ1) is 15.7. The van der Waals surface area contributed by atoms with Crippen LogP contribution in [0.1, 0.15) is 23.2 Å². The highest BCUT2D eigenvalue weighted by molar-refractivity contribution is 7.89. The lowest BCUT2D eigenvalue weighted by molar-refractivity contribution is 0.0495. The Morgan fingerprint density at radius 2 is 2.00 bits per heavy atom. The van der Waals surface area contributed by atoms with E-state index < -0.39 is 15.9 Å². The average molecular weight is 314 g/mol. The minimum Gasteiger partial charge on any atom is -0.492 e. The van der Waals surface area contributed by atoms with Crippen molar-refractivity contribution in [3.8, 4) is 5.75 Å². The van der Waals surface area contributed by atoms with E-state index in [1.54, 1.807) is 0 Å². The van der Waals surface area contributed by atoms with Gasteiger partial charge < -0.3 is 15.2 Å². The molecule has 1 fully saturated rings. The van der Waals surface area contributed by atoms with Gasteiger partial charge in [0.2, 0.25) is 10.0 Å². The Bertz CT molecular complexity index is 623. The molecular formula is C13H18N2O5S. The molecule has 1 aliphatic heterocycles. The number of carbonyl (C=O) groups is 1. The molecular weight excluding hydrogens is 296 g/mol. The summed E-state index contributed by atoms with van der Waals surface area (Å²) in [5.74, 6) is -0.152. The highest BCUT2D eigenvalue weighted by atomic mass is 32.2. The van der Waals surface area contributed by atoms with Gasteiger partial charge >= 0.3 is 0 Å². The molecule has 0 spiro atoms. The zero-order chi connectivity index (χ0) is 15.5. The van der Waals surface area contributed by atoms with Gasteiger partial charge in [-0.3, -0.25) is 4.79 Å². The summed E-state index contributed by atoms with van der Waals surface area (Å²) in [6, 6.07) is 3.83. The van der Waals surface area contributed by atoms with Crippen LogP contribution in [0, 0.1) is 5.92 Å². The largest absolute Gasteiger partial charge is 0.492 e. The Morgan fingerprint density at radius 3 is 2.57 bits per heavy atom. The van der Waals surface area contributed by atoms with Crippen LogP contribution < -0.4 is 15.6 Å². The normalized spacial score (nSPS) is 16.6. The first-order chi connectivity index (χ1) is 9.88. The lowest BCUT2D eigenvalue weighted by Crippen LogP contribution is -2.23. The predicted octanol–water partition coefficient (Wildman–Crippen LogP) is 0.238. The lowest BCUT2D eigenvalue weighted by Gasteiger charge is -2.22. The van der Waals surface area contributed by atoms with Crippen molar-refractivity contribution in [3.63, 3.8) is 0 Å². The number of primary amides is 1. The fraction of sp³-hybridized carbons (Fsp3) is 0.462. The van der Waals surface area contributed by atoms with Crippen LogP contribution in [-0.4, -0.2) is 34.1 Å². The molecule has 0 aromatic heterocycles. The van der Waals surface area contributed by atoms with Crippen molar-refractivity contribution in [2.45, 2.75) is 17.7 Å². The van der Waals surface area contributed by atoms with Gasteiger partial charge in [-0.05, 0) is 37.0 Å². The fourth-order valence-corrected chi connectivity index (χ4v) is 2.67. The summed E-state index contributed by atoms with van der Waals surface area (Å²) in [5, 5.41) is 5.03. The summed E-state index contributed by atoms with van der Waals surface area (Å²) in [6.45, 7) is 1.82. The van der Waals surface area contributed by atoms with Crippen LogP contribution in [0.5, 0.6) is 5.75 Å². The minimum absolute atomic E-state index is 0.00795. The van der Waals surface area contributed by atoms with E-state index in [0.717, 1.165) is 18.9 Å². The van der Waals surface area contributed by atoms with Crippen molar-refractivity contribution in [2.24, 2.45) is 16.8 Å². The van der Waals surface area contributed by atoms with Gasteiger partial charge in [0.1, 0.15) is 5.75 Å². The molecule has 1 aromatic carbocycles. The maximum atomic E-state index is 11.4. The van der Waals surface area contributed by atoms with Crippen molar-refractivity contribution in [1.29, 1.82) is 0 Å². The second-order valence-corrected chi connectivity index (χ2v) is 6.50. The Hall–Kier alpha value is -1.64. The molecule has 21 heavy (non-hydrogen) atoms. The molecule has 0 saturated carbocycles. The van der Waals surface area contributed by atoms with E-state index in [0.29, 0.717) is 25.7 Å². The van der Waals surface area contributed by atoms with Crippen molar-refractivity contribution in [2.75, 3.05) is 19.8 Å². The topological polar surface area (TPSA) is 122 Å². The monoisotopic (exact) mass is 314 g/mol. The smallest absolute Gasteiger partial charge is 0.252 e. The highest BCUT2D eigenvalue weighted by Crippen LogP contribution is 2.24. The standard InChI is InChI=1S/C13H18N2O5S/c14-13(16)11-7-10(21(15,17)18)1-2-12(11)20-8-9-3-5-19-6-4-9/h1-2,7,9H,3-6,8H2,(H2,14,16)(H2,15,17,18). The third-order valence-corrected chi connectivity index (χ3v) is 4.27. The van der Waals surface area contributed by atoms with E-state index in [1.165, 1.54) is 12.1 Å². The first-order valence-electron chi connectivity index (χ1n) is 6.55. The van der Waals surface area contributed by atoms with Crippen molar-refractivity contribution < 1.29 is 22.7 Å². The number of hydrogen-bond acceptors (Lipinski definition) is 5. The summed E-state index contributed by atoms with van der Waals surface area (Å²) < 4.78 is 33.5. The Balaban J connectivity index is 2.16. The molecule has 1 amide bonds. The van der Waals surface area contributed by atoms with E-state index in [1.807, 2.05) is 0 Å². The summed E-state index contributed by atoms with van der Waals surface area (Å²) >= 11 is 0. The van der Waals surface area contributed by atoms with Crippen LogP contribution in [0.4, 0.5) is 0 Å². The van der Waals surface area contributed by atoms with Crippen molar-refractivity contribution in [3.05, 3.63) is 23.8 Å². The number of ether oxygens (including phenoxy) is 2. The maximum Gasteiger partial charge on any atom is 0.252 e. The van der Waals surface area contributed by atoms with Crippen LogP contribution in [0.25, 0.3) is 0 Å². The Kier molecular flexibility index (Phi) is 4.81. The molecule has 0 unspecified atom stereocenters. The molecule has 1 saturated heterocycles. The summed E-state index contributed by atoms with van der Waals surface area (Å²) in [4.78, 5) is 11.3. The van der Waals surface area contributed by atoms with Crippen LogP contribution in [0.2, 0.25) is 0 Å². The molecule has 7 nitrogen and oxygen atoms in total. The summed E-state index contributed by atoms with van der Waals surface area (Å²) in [5.41, 5.74) is 5.27. The SMILES string of the molecule is NC(=O)c1cc(S(N)(=O)=O)ccc1OCC1CCOCC1. The lowest BCUT2D eigenvalue weighted by atomic mass is 10.0. The van der Waals surface area contributed by atoms with Crippen LogP contribution in [0.15, 0.2) is 23.1 Å². The fourth-order valence-electron chi connectivity index (χ4n) is 2.13. The summed E-state index contributed by atoms with van der Waals surface area (Å²) in [6.07, 6.45) is 1.78. The molecule has 0 bridgehead atoms. The molecule has 0 atom stereocenters. The van der Waals surface area contributed by atoms with Gasteiger partial charge in [-0.25, -0.2) is 13.6 Å². The predicted molar refractivity (Wildman–Crippen MR) is 75.4 cm³/mol.